The first-order chi connectivity index (χ1) is 10.8. The average molecular weight is 335 g/mol. The van der Waals surface area contributed by atoms with E-state index in [0.717, 1.165) is 29.1 Å². The lowest BCUT2D eigenvalue weighted by Crippen LogP contribution is -2.26. The predicted octanol–water partition coefficient (Wildman–Crippen LogP) is 6.01. The van der Waals surface area contributed by atoms with Crippen LogP contribution in [0.25, 0.3) is 0 Å². The van der Waals surface area contributed by atoms with Crippen LogP contribution in [0.2, 0.25) is 0 Å². The molecule has 0 unspecified atom stereocenters. The molecule has 0 bridgehead atoms. The Morgan fingerprint density at radius 3 is 2.48 bits per heavy atom. The molecule has 1 rings (SSSR count). The molecule has 0 saturated heterocycles. The summed E-state index contributed by atoms with van der Waals surface area (Å²) in [5, 5.41) is 0. The molecule has 4 heteroatoms. The number of anilines is 1. The van der Waals surface area contributed by atoms with Crippen molar-refractivity contribution < 1.29 is 4.39 Å². The van der Waals surface area contributed by atoms with Gasteiger partial charge in [-0.3, -0.25) is 4.31 Å². The van der Waals surface area contributed by atoms with E-state index < -0.39 is 0 Å². The molecular formula is C19H27FN2S. The number of nitrogens with zero attached hydrogens (tertiary/aromatic N) is 2. The minimum absolute atomic E-state index is 0.202. The summed E-state index contributed by atoms with van der Waals surface area (Å²) in [6.45, 7) is 14.2. The van der Waals surface area contributed by atoms with E-state index in [1.165, 1.54) is 11.6 Å². The van der Waals surface area contributed by atoms with Crippen LogP contribution in [0.5, 0.6) is 0 Å². The van der Waals surface area contributed by atoms with Crippen molar-refractivity contribution in [2.75, 3.05) is 10.6 Å². The Bertz CT molecular complexity index is 614. The van der Waals surface area contributed by atoms with Gasteiger partial charge in [0.05, 0.1) is 5.69 Å². The molecule has 0 atom stereocenters. The smallest absolute Gasteiger partial charge is 0.145 e. The molecule has 0 N–H and O–H groups in total. The Kier molecular flexibility index (Phi) is 7.56. The van der Waals surface area contributed by atoms with Crippen LogP contribution in [0.1, 0.15) is 40.2 Å². The maximum atomic E-state index is 13.7. The second-order valence-electron chi connectivity index (χ2n) is 6.11. The molecule has 0 fully saturated rings. The molecule has 1 aromatic rings. The van der Waals surface area contributed by atoms with Gasteiger partial charge in [0, 0.05) is 12.5 Å². The number of aliphatic imine (C=N–C) groups is 1. The molecule has 23 heavy (non-hydrogen) atoms. The van der Waals surface area contributed by atoms with E-state index in [1.54, 1.807) is 24.2 Å². The minimum atomic E-state index is -0.202. The Labute approximate surface area is 144 Å². The van der Waals surface area contributed by atoms with Crippen LogP contribution in [0.3, 0.4) is 0 Å². The Morgan fingerprint density at radius 1 is 1.35 bits per heavy atom. The average Bonchev–Trinajstić information content (AvgIpc) is 2.47. The van der Waals surface area contributed by atoms with Crippen LogP contribution in [-0.4, -0.2) is 12.1 Å². The zero-order chi connectivity index (χ0) is 17.6. The van der Waals surface area contributed by atoms with Crippen LogP contribution in [-0.2, 0) is 6.42 Å². The van der Waals surface area contributed by atoms with Gasteiger partial charge in [-0.15, -0.1) is 0 Å². The molecule has 126 valence electrons. The van der Waals surface area contributed by atoms with Crippen molar-refractivity contribution in [1.29, 1.82) is 0 Å². The van der Waals surface area contributed by atoms with Crippen LogP contribution in [0.4, 0.5) is 10.1 Å². The summed E-state index contributed by atoms with van der Waals surface area (Å²) in [7, 11) is 0. The number of allylic oxidation sites excluding steroid dienone is 1. The normalized spacial score (nSPS) is 11.6. The first kappa shape index (κ1) is 19.5. The van der Waals surface area contributed by atoms with Crippen molar-refractivity contribution >= 4 is 23.5 Å². The van der Waals surface area contributed by atoms with E-state index in [0.29, 0.717) is 5.92 Å². The zero-order valence-corrected chi connectivity index (χ0v) is 15.8. The lowest BCUT2D eigenvalue weighted by Gasteiger charge is -2.27. The van der Waals surface area contributed by atoms with Crippen molar-refractivity contribution in [2.45, 2.75) is 41.0 Å². The highest BCUT2D eigenvalue weighted by atomic mass is 32.2. The number of amidine groups is 1. The molecule has 0 aliphatic carbocycles. The first-order valence-electron chi connectivity index (χ1n) is 7.77. The van der Waals surface area contributed by atoms with E-state index in [9.17, 15) is 4.39 Å². The maximum Gasteiger partial charge on any atom is 0.145 e. The molecule has 1 aromatic carbocycles. The molecular weight excluding hydrogens is 307 g/mol. The van der Waals surface area contributed by atoms with Gasteiger partial charge in [-0.1, -0.05) is 26.0 Å². The molecule has 0 amide bonds. The SMILES string of the molecule is C=C/N=C(\C(C)=C(C)C)N(SC)c1ccc(F)cc1CC(C)C. The number of halogens is 1. The van der Waals surface area contributed by atoms with Crippen LogP contribution >= 0.6 is 11.9 Å². The van der Waals surface area contributed by atoms with E-state index in [-0.39, 0.29) is 5.82 Å². The highest BCUT2D eigenvalue weighted by Crippen LogP contribution is 2.31. The fraction of sp³-hybridized carbons (Fsp3) is 0.421. The first-order valence-corrected chi connectivity index (χ1v) is 8.95. The van der Waals surface area contributed by atoms with Gasteiger partial charge in [-0.05, 0) is 74.4 Å². The second-order valence-corrected chi connectivity index (χ2v) is 6.84. The molecule has 0 saturated carbocycles. The Morgan fingerprint density at radius 2 is 2.00 bits per heavy atom. The van der Waals surface area contributed by atoms with E-state index >= 15 is 0 Å². The number of benzene rings is 1. The van der Waals surface area contributed by atoms with Crippen molar-refractivity contribution in [2.24, 2.45) is 10.9 Å². The number of hydrogen-bond donors (Lipinski definition) is 0. The van der Waals surface area contributed by atoms with Gasteiger partial charge in [0.2, 0.25) is 0 Å². The minimum Gasteiger partial charge on any atom is -0.268 e. The van der Waals surface area contributed by atoms with E-state index in [4.69, 9.17) is 0 Å². The standard InChI is InChI=1S/C19H27FN2S/c1-8-21-19(15(6)14(4)5)22(23-7)18-10-9-17(20)12-16(18)11-13(2)3/h8-10,12-13H,1,11H2,2-7H3/b21-19+. The van der Waals surface area contributed by atoms with Gasteiger partial charge in [-0.25, -0.2) is 9.38 Å². The Hall–Kier alpha value is -1.55. The predicted molar refractivity (Wildman–Crippen MR) is 103 cm³/mol. The number of rotatable bonds is 6. The topological polar surface area (TPSA) is 15.6 Å². The quantitative estimate of drug-likeness (QED) is 0.360. The summed E-state index contributed by atoms with van der Waals surface area (Å²) in [4.78, 5) is 4.47. The van der Waals surface area contributed by atoms with Crippen molar-refractivity contribution in [1.82, 2.24) is 0 Å². The third kappa shape index (κ3) is 5.24. The van der Waals surface area contributed by atoms with Crippen molar-refractivity contribution in [3.8, 4) is 0 Å². The molecule has 0 aromatic heterocycles. The summed E-state index contributed by atoms with van der Waals surface area (Å²) in [6.07, 6.45) is 4.37. The summed E-state index contributed by atoms with van der Waals surface area (Å²) in [5.41, 5.74) is 4.26. The fourth-order valence-electron chi connectivity index (χ4n) is 2.27. The molecule has 0 aliphatic rings. The van der Waals surface area contributed by atoms with Gasteiger partial charge >= 0.3 is 0 Å². The second kappa shape index (κ2) is 8.92. The van der Waals surface area contributed by atoms with Crippen LogP contribution in [0.15, 0.2) is 47.1 Å². The van der Waals surface area contributed by atoms with Gasteiger partial charge in [-0.2, -0.15) is 0 Å². The van der Waals surface area contributed by atoms with Gasteiger partial charge in [0.25, 0.3) is 0 Å². The molecule has 0 aliphatic heterocycles. The lowest BCUT2D eigenvalue weighted by molar-refractivity contribution is 0.613. The van der Waals surface area contributed by atoms with Gasteiger partial charge in [0.1, 0.15) is 11.7 Å². The largest absolute Gasteiger partial charge is 0.268 e. The maximum absolute atomic E-state index is 13.7. The third-order valence-electron chi connectivity index (χ3n) is 3.56. The molecule has 2 nitrogen and oxygen atoms in total. The number of hydrogen-bond acceptors (Lipinski definition) is 2. The molecule has 0 radical (unpaired) electrons. The van der Waals surface area contributed by atoms with Gasteiger partial charge in [0.15, 0.2) is 0 Å². The van der Waals surface area contributed by atoms with E-state index in [1.807, 2.05) is 19.2 Å². The van der Waals surface area contributed by atoms with E-state index in [2.05, 4.69) is 43.6 Å². The monoisotopic (exact) mass is 334 g/mol. The third-order valence-corrected chi connectivity index (χ3v) is 4.30. The Balaban J connectivity index is 3.47. The summed E-state index contributed by atoms with van der Waals surface area (Å²) in [6, 6.07) is 4.97. The molecule has 0 spiro atoms. The molecule has 0 heterocycles. The van der Waals surface area contributed by atoms with Crippen molar-refractivity contribution in [3.63, 3.8) is 0 Å². The van der Waals surface area contributed by atoms with Crippen LogP contribution < -0.4 is 4.31 Å². The van der Waals surface area contributed by atoms with Gasteiger partial charge < -0.3 is 0 Å². The summed E-state index contributed by atoms with van der Waals surface area (Å²) < 4.78 is 15.8. The summed E-state index contributed by atoms with van der Waals surface area (Å²) in [5.74, 6) is 1.08. The van der Waals surface area contributed by atoms with Crippen molar-refractivity contribution in [3.05, 3.63) is 53.5 Å². The van der Waals surface area contributed by atoms with Crippen LogP contribution in [0, 0.1) is 11.7 Å². The summed E-state index contributed by atoms with van der Waals surface area (Å²) >= 11 is 1.56. The highest BCUT2D eigenvalue weighted by molar-refractivity contribution is 8.00. The lowest BCUT2D eigenvalue weighted by atomic mass is 10.0. The zero-order valence-electron chi connectivity index (χ0n) is 15.0. The highest BCUT2D eigenvalue weighted by Gasteiger charge is 2.19. The fourth-order valence-corrected chi connectivity index (χ4v) is 3.00.